The Labute approximate surface area is 207 Å². The third-order valence-corrected chi connectivity index (χ3v) is 5.45. The summed E-state index contributed by atoms with van der Waals surface area (Å²) in [5, 5.41) is 14.9. The van der Waals surface area contributed by atoms with E-state index in [1.807, 2.05) is 6.92 Å². The summed E-state index contributed by atoms with van der Waals surface area (Å²) in [5.41, 5.74) is 0.494. The summed E-state index contributed by atoms with van der Waals surface area (Å²) in [6.07, 6.45) is -0.203. The lowest BCUT2D eigenvalue weighted by molar-refractivity contribution is -0.145. The molecule has 1 aromatic rings. The first-order valence-electron chi connectivity index (χ1n) is 11.7. The molecule has 0 bridgehead atoms. The highest BCUT2D eigenvalue weighted by molar-refractivity contribution is 5.93. The number of benzene rings is 1. The van der Waals surface area contributed by atoms with E-state index in [0.717, 1.165) is 5.56 Å². The maximum Gasteiger partial charge on any atom is 0.408 e. The van der Waals surface area contributed by atoms with Gasteiger partial charge in [0.15, 0.2) is 0 Å². The number of rotatable bonds is 11. The van der Waals surface area contributed by atoms with Crippen LogP contribution >= 0.6 is 0 Å². The predicted molar refractivity (Wildman–Crippen MR) is 130 cm³/mol. The van der Waals surface area contributed by atoms with Crippen molar-refractivity contribution in [1.29, 1.82) is 0 Å². The molecule has 0 aliphatic heterocycles. The molecule has 3 atom stereocenters. The van der Waals surface area contributed by atoms with Gasteiger partial charge in [-0.15, -0.1) is 0 Å². The molecule has 0 aliphatic carbocycles. The molecule has 0 saturated carbocycles. The third-order valence-electron chi connectivity index (χ3n) is 5.45. The van der Waals surface area contributed by atoms with Gasteiger partial charge in [0.05, 0.1) is 13.7 Å². The molecular formula is C25H39N3O7. The lowest BCUT2D eigenvalue weighted by Crippen LogP contribution is -2.56. The van der Waals surface area contributed by atoms with Crippen molar-refractivity contribution in [3.63, 3.8) is 0 Å². The van der Waals surface area contributed by atoms with E-state index in [4.69, 9.17) is 4.74 Å². The van der Waals surface area contributed by atoms with Gasteiger partial charge in [-0.2, -0.15) is 0 Å². The number of hydrogen-bond acceptors (Lipinski definition) is 7. The van der Waals surface area contributed by atoms with Crippen molar-refractivity contribution in [2.75, 3.05) is 26.8 Å². The van der Waals surface area contributed by atoms with Crippen LogP contribution in [0.4, 0.5) is 4.79 Å². The maximum absolute atomic E-state index is 13.8. The van der Waals surface area contributed by atoms with E-state index >= 15 is 0 Å². The second-order valence-electron chi connectivity index (χ2n) is 9.32. The van der Waals surface area contributed by atoms with Gasteiger partial charge in [-0.25, -0.2) is 4.79 Å². The number of aliphatic hydroxyl groups is 1. The van der Waals surface area contributed by atoms with E-state index in [9.17, 15) is 24.3 Å². The van der Waals surface area contributed by atoms with E-state index in [1.54, 1.807) is 58.9 Å². The van der Waals surface area contributed by atoms with E-state index in [-0.39, 0.29) is 19.0 Å². The van der Waals surface area contributed by atoms with Crippen LogP contribution in [0.15, 0.2) is 24.3 Å². The molecule has 10 heteroatoms. The van der Waals surface area contributed by atoms with E-state index in [2.05, 4.69) is 15.4 Å². The largest absolute Gasteiger partial charge is 0.468 e. The summed E-state index contributed by atoms with van der Waals surface area (Å²) in [7, 11) is 1.20. The molecule has 1 aromatic carbocycles. The highest BCUT2D eigenvalue weighted by Gasteiger charge is 2.38. The van der Waals surface area contributed by atoms with Crippen LogP contribution in [-0.2, 0) is 23.9 Å². The molecule has 0 radical (unpaired) electrons. The Balaban J connectivity index is 3.45. The standard InChI is InChI=1S/C25H39N3O7/c1-8-16(2)20(27-24(33)35-25(4,5)6)23(32)28(13-14-29)21(18-12-10-9-11-17(18)3)22(31)26-15-19(30)34-7/h9-12,16,20-21,29H,8,13-15H2,1-7H3,(H,26,31)(H,27,33). The summed E-state index contributed by atoms with van der Waals surface area (Å²) >= 11 is 0. The highest BCUT2D eigenvalue weighted by Crippen LogP contribution is 2.26. The van der Waals surface area contributed by atoms with Crippen molar-refractivity contribution in [2.45, 2.75) is 65.6 Å². The van der Waals surface area contributed by atoms with Crippen molar-refractivity contribution < 1.29 is 33.8 Å². The van der Waals surface area contributed by atoms with E-state index in [0.29, 0.717) is 12.0 Å². The summed E-state index contributed by atoms with van der Waals surface area (Å²) in [6.45, 7) is 9.63. The zero-order chi connectivity index (χ0) is 26.8. The molecular weight excluding hydrogens is 454 g/mol. The number of nitrogens with one attached hydrogen (secondary N) is 2. The monoisotopic (exact) mass is 493 g/mol. The number of aliphatic hydroxyl groups excluding tert-OH is 1. The van der Waals surface area contributed by atoms with Crippen molar-refractivity contribution in [3.8, 4) is 0 Å². The van der Waals surface area contributed by atoms with Gasteiger partial charge in [0.2, 0.25) is 11.8 Å². The zero-order valence-electron chi connectivity index (χ0n) is 21.7. The SMILES string of the molecule is CCC(C)C(NC(=O)OC(C)(C)C)C(=O)N(CCO)C(C(=O)NCC(=O)OC)c1ccccc1C. The van der Waals surface area contributed by atoms with Gasteiger partial charge in [0, 0.05) is 6.54 Å². The summed E-state index contributed by atoms with van der Waals surface area (Å²) in [4.78, 5) is 52.5. The van der Waals surface area contributed by atoms with Crippen LogP contribution in [0, 0.1) is 12.8 Å². The van der Waals surface area contributed by atoms with E-state index in [1.165, 1.54) is 12.0 Å². The Bertz CT molecular complexity index is 882. The number of hydrogen-bond donors (Lipinski definition) is 3. The van der Waals surface area contributed by atoms with Gasteiger partial charge in [-0.3, -0.25) is 14.4 Å². The van der Waals surface area contributed by atoms with Crippen molar-refractivity contribution in [2.24, 2.45) is 5.92 Å². The smallest absolute Gasteiger partial charge is 0.408 e. The summed E-state index contributed by atoms with van der Waals surface area (Å²) in [6, 6.07) is 4.86. The summed E-state index contributed by atoms with van der Waals surface area (Å²) in [5.74, 6) is -2.12. The zero-order valence-corrected chi connectivity index (χ0v) is 21.7. The van der Waals surface area contributed by atoms with Crippen LogP contribution in [-0.4, -0.2) is 72.3 Å². The fourth-order valence-corrected chi connectivity index (χ4v) is 3.44. The van der Waals surface area contributed by atoms with Gasteiger partial charge >= 0.3 is 12.1 Å². The second-order valence-corrected chi connectivity index (χ2v) is 9.32. The maximum atomic E-state index is 13.8. The second kappa shape index (κ2) is 13.7. The Morgan fingerprint density at radius 1 is 1.14 bits per heavy atom. The number of alkyl carbamates (subject to hydrolysis) is 1. The lowest BCUT2D eigenvalue weighted by atomic mass is 9.94. The quantitative estimate of drug-likeness (QED) is 0.402. The molecule has 3 N–H and O–H groups in total. The van der Waals surface area contributed by atoms with Crippen LogP contribution in [0.3, 0.4) is 0 Å². The first-order valence-corrected chi connectivity index (χ1v) is 11.7. The number of carbonyl (C=O) groups is 4. The molecule has 3 amide bonds. The third kappa shape index (κ3) is 9.20. The minimum atomic E-state index is -1.16. The number of nitrogens with zero attached hydrogens (tertiary/aromatic N) is 1. The topological polar surface area (TPSA) is 134 Å². The Morgan fingerprint density at radius 2 is 1.77 bits per heavy atom. The molecule has 0 aromatic heterocycles. The van der Waals surface area contributed by atoms with Gasteiger partial charge in [-0.05, 0) is 44.7 Å². The molecule has 0 aliphatic rings. The Kier molecular flexibility index (Phi) is 11.7. The average molecular weight is 494 g/mol. The van der Waals surface area contributed by atoms with Crippen molar-refractivity contribution in [3.05, 3.63) is 35.4 Å². The number of amides is 3. The number of esters is 1. The van der Waals surface area contributed by atoms with Crippen LogP contribution < -0.4 is 10.6 Å². The number of carbonyl (C=O) groups excluding carboxylic acids is 4. The fraction of sp³-hybridized carbons (Fsp3) is 0.600. The average Bonchev–Trinajstić information content (AvgIpc) is 2.79. The number of ether oxygens (including phenoxy) is 2. The lowest BCUT2D eigenvalue weighted by Gasteiger charge is -2.36. The van der Waals surface area contributed by atoms with E-state index < -0.39 is 48.2 Å². The first kappa shape index (κ1) is 29.9. The van der Waals surface area contributed by atoms with Crippen molar-refractivity contribution in [1.82, 2.24) is 15.5 Å². The number of methoxy groups -OCH3 is 1. The van der Waals surface area contributed by atoms with Crippen LogP contribution in [0.2, 0.25) is 0 Å². The minimum absolute atomic E-state index is 0.174. The normalized spacial score (nSPS) is 13.7. The molecule has 0 spiro atoms. The Morgan fingerprint density at radius 3 is 2.29 bits per heavy atom. The van der Waals surface area contributed by atoms with Crippen LogP contribution in [0.5, 0.6) is 0 Å². The van der Waals surface area contributed by atoms with Crippen molar-refractivity contribution >= 4 is 23.9 Å². The van der Waals surface area contributed by atoms with Gasteiger partial charge < -0.3 is 30.1 Å². The van der Waals surface area contributed by atoms with Crippen LogP contribution in [0.1, 0.15) is 58.2 Å². The molecule has 0 fully saturated rings. The molecule has 10 nitrogen and oxygen atoms in total. The summed E-state index contributed by atoms with van der Waals surface area (Å²) < 4.78 is 9.94. The predicted octanol–water partition coefficient (Wildman–Crippen LogP) is 2.09. The molecule has 196 valence electrons. The molecule has 0 saturated heterocycles. The fourth-order valence-electron chi connectivity index (χ4n) is 3.44. The molecule has 1 rings (SSSR count). The van der Waals surface area contributed by atoms with Crippen LogP contribution in [0.25, 0.3) is 0 Å². The van der Waals surface area contributed by atoms with Gasteiger partial charge in [-0.1, -0.05) is 44.5 Å². The molecule has 3 unspecified atom stereocenters. The Hall–Kier alpha value is -3.14. The highest BCUT2D eigenvalue weighted by atomic mass is 16.6. The first-order chi connectivity index (χ1) is 16.4. The van der Waals surface area contributed by atoms with Gasteiger partial charge in [0.25, 0.3) is 0 Å². The van der Waals surface area contributed by atoms with Gasteiger partial charge in [0.1, 0.15) is 24.2 Å². The minimum Gasteiger partial charge on any atom is -0.468 e. The molecule has 35 heavy (non-hydrogen) atoms. The molecule has 0 heterocycles. The number of aryl methyl sites for hydroxylation is 1.